The average molecular weight is 241 g/mol. The molecule has 0 aliphatic carbocycles. The van der Waals surface area contributed by atoms with Crippen LogP contribution < -0.4 is 5.32 Å². The Morgan fingerprint density at radius 3 is 2.81 bits per heavy atom. The molecular weight excluding hydrogens is 220 g/mol. The van der Waals surface area contributed by atoms with E-state index < -0.39 is 0 Å². The first-order chi connectivity index (χ1) is 7.63. The van der Waals surface area contributed by atoms with E-state index in [1.165, 1.54) is 12.0 Å². The van der Waals surface area contributed by atoms with E-state index in [0.717, 1.165) is 18.0 Å². The zero-order valence-electron chi connectivity index (χ0n) is 10.3. The molecule has 0 radical (unpaired) electrons. The minimum atomic E-state index is 0.570. The first-order valence-electron chi connectivity index (χ1n) is 5.95. The number of nitrogens with one attached hydrogen (secondary N) is 1. The third-order valence-corrected chi connectivity index (χ3v) is 3.07. The van der Waals surface area contributed by atoms with Crippen molar-refractivity contribution in [3.05, 3.63) is 29.0 Å². The van der Waals surface area contributed by atoms with Crippen LogP contribution in [0.5, 0.6) is 0 Å². The predicted octanol–water partition coefficient (Wildman–Crippen LogP) is 3.30. The van der Waals surface area contributed by atoms with Gasteiger partial charge in [0, 0.05) is 18.4 Å². The van der Waals surface area contributed by atoms with E-state index in [2.05, 4.69) is 31.1 Å². The first kappa shape index (κ1) is 13.5. The molecule has 1 N–H and O–H groups in total. The fraction of sp³-hybridized carbons (Fsp3) is 0.615. The largest absolute Gasteiger partial charge is 0.315 e. The van der Waals surface area contributed by atoms with Crippen LogP contribution in [-0.4, -0.2) is 17.6 Å². The molecule has 0 saturated carbocycles. The zero-order valence-corrected chi connectivity index (χ0v) is 11.1. The molecule has 0 bridgehead atoms. The third-order valence-electron chi connectivity index (χ3n) is 2.73. The highest BCUT2D eigenvalue weighted by Gasteiger charge is 2.10. The number of rotatable bonds is 6. The van der Waals surface area contributed by atoms with E-state index >= 15 is 0 Å². The van der Waals surface area contributed by atoms with E-state index in [1.807, 2.05) is 12.3 Å². The molecule has 0 aliphatic rings. The molecule has 2 atom stereocenters. The van der Waals surface area contributed by atoms with Crippen molar-refractivity contribution in [1.29, 1.82) is 0 Å². The number of aromatic nitrogens is 1. The third kappa shape index (κ3) is 4.50. The molecule has 16 heavy (non-hydrogen) atoms. The maximum absolute atomic E-state index is 6.09. The lowest BCUT2D eigenvalue weighted by molar-refractivity contribution is 0.426. The van der Waals surface area contributed by atoms with Gasteiger partial charge in [-0.05, 0) is 43.9 Å². The van der Waals surface area contributed by atoms with Crippen LogP contribution in [0.2, 0.25) is 5.02 Å². The average Bonchev–Trinajstić information content (AvgIpc) is 2.21. The van der Waals surface area contributed by atoms with Crippen molar-refractivity contribution in [2.45, 2.75) is 39.7 Å². The molecule has 0 aromatic carbocycles. The Balaban J connectivity index is 2.45. The van der Waals surface area contributed by atoms with Crippen molar-refractivity contribution < 1.29 is 0 Å². The van der Waals surface area contributed by atoms with Crippen molar-refractivity contribution in [3.8, 4) is 0 Å². The summed E-state index contributed by atoms with van der Waals surface area (Å²) in [4.78, 5) is 4.00. The second-order valence-corrected chi connectivity index (χ2v) is 4.88. The van der Waals surface area contributed by atoms with Crippen molar-refractivity contribution in [3.63, 3.8) is 0 Å². The van der Waals surface area contributed by atoms with Gasteiger partial charge in [-0.15, -0.1) is 0 Å². The second kappa shape index (κ2) is 6.87. The lowest BCUT2D eigenvalue weighted by atomic mass is 9.95. The Labute approximate surface area is 103 Å². The topological polar surface area (TPSA) is 24.9 Å². The van der Waals surface area contributed by atoms with Gasteiger partial charge in [0.25, 0.3) is 0 Å². The molecule has 0 aliphatic heterocycles. The van der Waals surface area contributed by atoms with Crippen LogP contribution in [0.25, 0.3) is 0 Å². The van der Waals surface area contributed by atoms with E-state index in [9.17, 15) is 0 Å². The second-order valence-electron chi connectivity index (χ2n) is 4.47. The molecular formula is C13H21ClN2. The molecule has 0 spiro atoms. The lowest BCUT2D eigenvalue weighted by Gasteiger charge is -2.18. The number of nitrogens with zero attached hydrogens (tertiary/aromatic N) is 1. The molecule has 0 saturated heterocycles. The maximum Gasteiger partial charge on any atom is 0.0621 e. The maximum atomic E-state index is 6.09. The molecule has 0 amide bonds. The van der Waals surface area contributed by atoms with Gasteiger partial charge >= 0.3 is 0 Å². The number of halogens is 1. The standard InChI is InChI=1S/C13H21ClN2/c1-4-16-11(3)7-10(2)8-12-5-6-15-9-13(12)14/h5-6,9-11,16H,4,7-8H2,1-3H3. The van der Waals surface area contributed by atoms with Crippen molar-refractivity contribution >= 4 is 11.6 Å². The van der Waals surface area contributed by atoms with Gasteiger partial charge < -0.3 is 5.32 Å². The van der Waals surface area contributed by atoms with Crippen LogP contribution in [0.1, 0.15) is 32.8 Å². The molecule has 90 valence electrons. The summed E-state index contributed by atoms with van der Waals surface area (Å²) < 4.78 is 0. The fourth-order valence-electron chi connectivity index (χ4n) is 2.06. The van der Waals surface area contributed by atoms with E-state index in [-0.39, 0.29) is 0 Å². The van der Waals surface area contributed by atoms with Crippen LogP contribution in [0, 0.1) is 5.92 Å². The summed E-state index contributed by atoms with van der Waals surface area (Å²) >= 11 is 6.09. The monoisotopic (exact) mass is 240 g/mol. The quantitative estimate of drug-likeness (QED) is 0.825. The Morgan fingerprint density at radius 1 is 1.44 bits per heavy atom. The van der Waals surface area contributed by atoms with Crippen LogP contribution in [-0.2, 0) is 6.42 Å². The van der Waals surface area contributed by atoms with Gasteiger partial charge in [0.15, 0.2) is 0 Å². The number of hydrogen-bond donors (Lipinski definition) is 1. The normalized spacial score (nSPS) is 14.8. The zero-order chi connectivity index (χ0) is 12.0. The van der Waals surface area contributed by atoms with Gasteiger partial charge in [-0.3, -0.25) is 4.98 Å². The molecule has 2 nitrogen and oxygen atoms in total. The predicted molar refractivity (Wildman–Crippen MR) is 69.9 cm³/mol. The Bertz CT molecular complexity index is 315. The van der Waals surface area contributed by atoms with E-state index in [1.54, 1.807) is 6.20 Å². The summed E-state index contributed by atoms with van der Waals surface area (Å²) in [5, 5.41) is 4.21. The smallest absolute Gasteiger partial charge is 0.0621 e. The van der Waals surface area contributed by atoms with Gasteiger partial charge in [-0.25, -0.2) is 0 Å². The van der Waals surface area contributed by atoms with E-state index in [4.69, 9.17) is 11.6 Å². The van der Waals surface area contributed by atoms with Gasteiger partial charge in [0.2, 0.25) is 0 Å². The number of pyridine rings is 1. The van der Waals surface area contributed by atoms with Crippen LogP contribution >= 0.6 is 11.6 Å². The molecule has 1 rings (SSSR count). The van der Waals surface area contributed by atoms with Crippen molar-refractivity contribution in [2.24, 2.45) is 5.92 Å². The molecule has 1 aromatic heterocycles. The molecule has 0 fully saturated rings. The summed E-state index contributed by atoms with van der Waals surface area (Å²) in [6, 6.07) is 2.58. The summed E-state index contributed by atoms with van der Waals surface area (Å²) in [5.41, 5.74) is 1.20. The molecule has 1 aromatic rings. The Morgan fingerprint density at radius 2 is 2.19 bits per heavy atom. The fourth-order valence-corrected chi connectivity index (χ4v) is 2.26. The van der Waals surface area contributed by atoms with Gasteiger partial charge in [-0.1, -0.05) is 25.4 Å². The summed E-state index contributed by atoms with van der Waals surface area (Å²) in [6.45, 7) is 7.67. The minimum absolute atomic E-state index is 0.570. The van der Waals surface area contributed by atoms with Crippen LogP contribution in [0.15, 0.2) is 18.5 Å². The minimum Gasteiger partial charge on any atom is -0.315 e. The highest BCUT2D eigenvalue weighted by molar-refractivity contribution is 6.31. The Hall–Kier alpha value is -0.600. The van der Waals surface area contributed by atoms with Gasteiger partial charge in [0.1, 0.15) is 0 Å². The molecule has 3 heteroatoms. The van der Waals surface area contributed by atoms with Crippen molar-refractivity contribution in [1.82, 2.24) is 10.3 Å². The lowest BCUT2D eigenvalue weighted by Crippen LogP contribution is -2.27. The first-order valence-corrected chi connectivity index (χ1v) is 6.33. The van der Waals surface area contributed by atoms with Gasteiger partial charge in [-0.2, -0.15) is 0 Å². The summed E-state index contributed by atoms with van der Waals surface area (Å²) in [7, 11) is 0. The summed E-state index contributed by atoms with van der Waals surface area (Å²) in [5.74, 6) is 0.633. The molecule has 2 unspecified atom stereocenters. The van der Waals surface area contributed by atoms with Crippen LogP contribution in [0.4, 0.5) is 0 Å². The van der Waals surface area contributed by atoms with E-state index in [0.29, 0.717) is 12.0 Å². The van der Waals surface area contributed by atoms with Crippen LogP contribution in [0.3, 0.4) is 0 Å². The highest BCUT2D eigenvalue weighted by atomic mass is 35.5. The number of hydrogen-bond acceptors (Lipinski definition) is 2. The van der Waals surface area contributed by atoms with Gasteiger partial charge in [0.05, 0.1) is 5.02 Å². The highest BCUT2D eigenvalue weighted by Crippen LogP contribution is 2.19. The summed E-state index contributed by atoms with van der Waals surface area (Å²) in [6.07, 6.45) is 5.72. The van der Waals surface area contributed by atoms with Crippen molar-refractivity contribution in [2.75, 3.05) is 6.54 Å². The Kier molecular flexibility index (Phi) is 5.78. The molecule has 1 heterocycles. The SMILES string of the molecule is CCNC(C)CC(C)Cc1ccncc1Cl.